The van der Waals surface area contributed by atoms with Gasteiger partial charge in [-0.25, -0.2) is 8.42 Å². The Morgan fingerprint density at radius 1 is 1.28 bits per heavy atom. The number of ether oxygens (including phenoxy) is 2. The van der Waals surface area contributed by atoms with Crippen LogP contribution in [0.1, 0.15) is 0 Å². The van der Waals surface area contributed by atoms with E-state index >= 15 is 0 Å². The molecule has 0 aliphatic carbocycles. The van der Waals surface area contributed by atoms with Crippen LogP contribution in [0.15, 0.2) is 23.1 Å². The molecule has 7 heteroatoms. The van der Waals surface area contributed by atoms with Gasteiger partial charge in [-0.3, -0.25) is 0 Å². The predicted octanol–water partition coefficient (Wildman–Crippen LogP) is 0.283. The van der Waals surface area contributed by atoms with Crippen molar-refractivity contribution in [3.8, 4) is 11.5 Å². The third-order valence-electron chi connectivity index (χ3n) is 2.50. The number of methoxy groups -OCH3 is 2. The largest absolute Gasteiger partial charge is 0.497 e. The summed E-state index contributed by atoms with van der Waals surface area (Å²) in [5.41, 5.74) is 5.37. The van der Waals surface area contributed by atoms with E-state index in [2.05, 4.69) is 0 Å². The van der Waals surface area contributed by atoms with Crippen molar-refractivity contribution in [1.82, 2.24) is 4.31 Å². The van der Waals surface area contributed by atoms with E-state index in [1.54, 1.807) is 12.1 Å². The number of hydrogen-bond donors (Lipinski definition) is 1. The lowest BCUT2D eigenvalue weighted by molar-refractivity contribution is 0.388. The molecule has 0 radical (unpaired) electrons. The third-order valence-corrected chi connectivity index (χ3v) is 4.38. The third kappa shape index (κ3) is 2.92. The number of sulfonamides is 1. The number of likely N-dealkylation sites (N-methyl/N-ethyl adjacent to an activating group) is 1. The van der Waals surface area contributed by atoms with E-state index in [0.717, 1.165) is 0 Å². The average molecular weight is 274 g/mol. The van der Waals surface area contributed by atoms with Crippen molar-refractivity contribution >= 4 is 10.0 Å². The Morgan fingerprint density at radius 2 is 1.94 bits per heavy atom. The van der Waals surface area contributed by atoms with Crippen LogP contribution in [0.2, 0.25) is 0 Å². The molecule has 0 atom stereocenters. The fourth-order valence-electron chi connectivity index (χ4n) is 1.46. The monoisotopic (exact) mass is 274 g/mol. The molecule has 2 N–H and O–H groups in total. The molecule has 1 aromatic rings. The van der Waals surface area contributed by atoms with Gasteiger partial charge in [-0.2, -0.15) is 4.31 Å². The second-order valence-corrected chi connectivity index (χ2v) is 5.65. The molecule has 0 saturated carbocycles. The van der Waals surface area contributed by atoms with Crippen LogP contribution in [0.5, 0.6) is 11.5 Å². The molecule has 0 spiro atoms. The van der Waals surface area contributed by atoms with Gasteiger partial charge in [0.2, 0.25) is 10.0 Å². The van der Waals surface area contributed by atoms with Gasteiger partial charge >= 0.3 is 0 Å². The Balaban J connectivity index is 3.29. The minimum absolute atomic E-state index is 0.0697. The Labute approximate surface area is 107 Å². The van der Waals surface area contributed by atoms with Gasteiger partial charge in [-0.05, 0) is 12.1 Å². The highest BCUT2D eigenvalue weighted by Crippen LogP contribution is 2.29. The Hall–Kier alpha value is -1.31. The number of hydrogen-bond acceptors (Lipinski definition) is 5. The van der Waals surface area contributed by atoms with Crippen LogP contribution in [0, 0.1) is 0 Å². The summed E-state index contributed by atoms with van der Waals surface area (Å²) in [5, 5.41) is 0. The SMILES string of the molecule is COc1ccc(OC)c(S(=O)(=O)N(C)CCN)c1. The molecule has 0 saturated heterocycles. The van der Waals surface area contributed by atoms with Crippen molar-refractivity contribution in [3.63, 3.8) is 0 Å². The maximum atomic E-state index is 12.3. The molecular weight excluding hydrogens is 256 g/mol. The minimum atomic E-state index is -3.63. The van der Waals surface area contributed by atoms with Crippen LogP contribution in [0.4, 0.5) is 0 Å². The maximum Gasteiger partial charge on any atom is 0.246 e. The summed E-state index contributed by atoms with van der Waals surface area (Å²) in [5.74, 6) is 0.732. The van der Waals surface area contributed by atoms with Gasteiger partial charge in [0.25, 0.3) is 0 Å². The number of nitrogens with zero attached hydrogens (tertiary/aromatic N) is 1. The summed E-state index contributed by atoms with van der Waals surface area (Å²) < 4.78 is 35.9. The fraction of sp³-hybridized carbons (Fsp3) is 0.455. The Morgan fingerprint density at radius 3 is 2.44 bits per heavy atom. The first kappa shape index (κ1) is 14.7. The summed E-state index contributed by atoms with van der Waals surface area (Å²) in [6.07, 6.45) is 0. The van der Waals surface area contributed by atoms with Gasteiger partial charge in [-0.15, -0.1) is 0 Å². The van der Waals surface area contributed by atoms with Crippen molar-refractivity contribution < 1.29 is 17.9 Å². The van der Waals surface area contributed by atoms with Crippen molar-refractivity contribution in [2.75, 3.05) is 34.4 Å². The highest BCUT2D eigenvalue weighted by atomic mass is 32.2. The zero-order chi connectivity index (χ0) is 13.8. The molecule has 18 heavy (non-hydrogen) atoms. The number of rotatable bonds is 6. The van der Waals surface area contributed by atoms with E-state index in [-0.39, 0.29) is 23.7 Å². The topological polar surface area (TPSA) is 81.9 Å². The summed E-state index contributed by atoms with van der Waals surface area (Å²) in [6.45, 7) is 0.491. The van der Waals surface area contributed by atoms with Crippen LogP contribution in [0.3, 0.4) is 0 Å². The lowest BCUT2D eigenvalue weighted by Gasteiger charge is -2.18. The van der Waals surface area contributed by atoms with E-state index in [4.69, 9.17) is 15.2 Å². The van der Waals surface area contributed by atoms with Crippen molar-refractivity contribution in [1.29, 1.82) is 0 Å². The molecule has 0 amide bonds. The van der Waals surface area contributed by atoms with Gasteiger partial charge in [0, 0.05) is 26.2 Å². The van der Waals surface area contributed by atoms with Crippen LogP contribution in [0.25, 0.3) is 0 Å². The second kappa shape index (κ2) is 6.03. The van der Waals surface area contributed by atoms with Crippen LogP contribution in [-0.4, -0.2) is 47.1 Å². The summed E-state index contributed by atoms with van der Waals surface area (Å²) in [4.78, 5) is 0.0697. The van der Waals surface area contributed by atoms with E-state index in [1.165, 1.54) is 31.6 Å². The summed E-state index contributed by atoms with van der Waals surface area (Å²) >= 11 is 0. The van der Waals surface area contributed by atoms with E-state index in [0.29, 0.717) is 5.75 Å². The second-order valence-electron chi connectivity index (χ2n) is 3.63. The Bertz CT molecular complexity index is 502. The fourth-order valence-corrected chi connectivity index (χ4v) is 2.81. The summed E-state index contributed by atoms with van der Waals surface area (Å²) in [6, 6.07) is 4.63. The first-order chi connectivity index (χ1) is 8.47. The maximum absolute atomic E-state index is 12.3. The van der Waals surface area contributed by atoms with E-state index in [9.17, 15) is 8.42 Å². The summed E-state index contributed by atoms with van der Waals surface area (Å²) in [7, 11) is 0.740. The van der Waals surface area contributed by atoms with Gasteiger partial charge in [0.05, 0.1) is 14.2 Å². The zero-order valence-corrected chi connectivity index (χ0v) is 11.5. The lowest BCUT2D eigenvalue weighted by Crippen LogP contribution is -2.32. The lowest BCUT2D eigenvalue weighted by atomic mass is 10.3. The van der Waals surface area contributed by atoms with E-state index in [1.807, 2.05) is 0 Å². The molecule has 0 unspecified atom stereocenters. The van der Waals surface area contributed by atoms with Crippen LogP contribution < -0.4 is 15.2 Å². The van der Waals surface area contributed by atoms with Gasteiger partial charge in [-0.1, -0.05) is 0 Å². The first-order valence-corrected chi connectivity index (χ1v) is 6.79. The first-order valence-electron chi connectivity index (χ1n) is 5.35. The molecule has 1 rings (SSSR count). The molecular formula is C11H18N2O4S. The van der Waals surface area contributed by atoms with Crippen LogP contribution in [-0.2, 0) is 10.0 Å². The molecule has 102 valence electrons. The van der Waals surface area contributed by atoms with E-state index < -0.39 is 10.0 Å². The molecule has 0 aliphatic rings. The average Bonchev–Trinajstić information content (AvgIpc) is 2.38. The van der Waals surface area contributed by atoms with Crippen molar-refractivity contribution in [2.24, 2.45) is 5.73 Å². The van der Waals surface area contributed by atoms with Gasteiger partial charge in [0.15, 0.2) is 0 Å². The van der Waals surface area contributed by atoms with Gasteiger partial charge in [0.1, 0.15) is 16.4 Å². The molecule has 0 fully saturated rings. The molecule has 0 aromatic heterocycles. The number of nitrogens with two attached hydrogens (primary N) is 1. The zero-order valence-electron chi connectivity index (χ0n) is 10.7. The molecule has 6 nitrogen and oxygen atoms in total. The normalized spacial score (nSPS) is 11.6. The molecule has 1 aromatic carbocycles. The highest BCUT2D eigenvalue weighted by molar-refractivity contribution is 7.89. The molecule has 0 bridgehead atoms. The van der Waals surface area contributed by atoms with Gasteiger partial charge < -0.3 is 15.2 Å². The Kier molecular flexibility index (Phi) is 4.94. The smallest absolute Gasteiger partial charge is 0.246 e. The molecule has 0 aliphatic heterocycles. The van der Waals surface area contributed by atoms with Crippen LogP contribution >= 0.6 is 0 Å². The number of benzene rings is 1. The highest BCUT2D eigenvalue weighted by Gasteiger charge is 2.24. The predicted molar refractivity (Wildman–Crippen MR) is 68.4 cm³/mol. The quantitative estimate of drug-likeness (QED) is 0.806. The molecule has 0 heterocycles. The minimum Gasteiger partial charge on any atom is -0.497 e. The van der Waals surface area contributed by atoms with Crippen molar-refractivity contribution in [3.05, 3.63) is 18.2 Å². The van der Waals surface area contributed by atoms with Crippen molar-refractivity contribution in [2.45, 2.75) is 4.90 Å². The standard InChI is InChI=1S/C11H18N2O4S/c1-13(7-6-12)18(14,15)11-8-9(16-2)4-5-10(11)17-3/h4-5,8H,6-7,12H2,1-3H3.